The van der Waals surface area contributed by atoms with Crippen molar-refractivity contribution in [2.45, 2.75) is 155 Å². The van der Waals surface area contributed by atoms with E-state index in [2.05, 4.69) is 13.8 Å². The second-order valence-corrected chi connectivity index (χ2v) is 9.79. The maximum atomic E-state index is 12.9. The third-order valence-corrected chi connectivity index (χ3v) is 6.76. The minimum absolute atomic E-state index is 0.225. The summed E-state index contributed by atoms with van der Waals surface area (Å²) in [5.74, 6) is -1.03. The molecule has 0 aliphatic carbocycles. The molecule has 2 aliphatic heterocycles. The lowest BCUT2D eigenvalue weighted by atomic mass is 10.0. The Morgan fingerprint density at radius 2 is 0.889 bits per heavy atom. The molecule has 36 heavy (non-hydrogen) atoms. The second kappa shape index (κ2) is 18.1. The smallest absolute Gasteiger partial charge is 0.338 e. The first-order valence-electron chi connectivity index (χ1n) is 14.5. The fraction of sp³-hybridized carbons (Fsp3) is 0.929. The maximum Gasteiger partial charge on any atom is 0.338 e. The Kier molecular flexibility index (Phi) is 15.6. The highest BCUT2D eigenvalue weighted by Crippen LogP contribution is 2.35. The van der Waals surface area contributed by atoms with E-state index < -0.39 is 48.9 Å². The van der Waals surface area contributed by atoms with Crippen molar-refractivity contribution in [2.24, 2.45) is 0 Å². The summed E-state index contributed by atoms with van der Waals surface area (Å²) in [4.78, 5) is 25.8. The van der Waals surface area contributed by atoms with Crippen LogP contribution in [-0.4, -0.2) is 62.1 Å². The molecule has 2 saturated heterocycles. The van der Waals surface area contributed by atoms with E-state index in [1.54, 1.807) is 13.8 Å². The van der Waals surface area contributed by atoms with Crippen molar-refractivity contribution in [3.05, 3.63) is 0 Å². The van der Waals surface area contributed by atoms with Crippen LogP contribution in [0.5, 0.6) is 0 Å². The standard InChI is InChI=1S/C28H50O8/c1-5-9-11-13-15-17-19-21-33-23-24(34-21)26(28(30)32-8-4)36-22(20-18-16-14-12-10-6-2)35-25(23)27(29)31-7-3/h21-26H,5-20H2,1-4H3/t21?,22?,23-,24+,25+,26-. The highest BCUT2D eigenvalue weighted by Gasteiger charge is 2.54. The first kappa shape index (κ1) is 31.0. The molecule has 0 aromatic carbocycles. The molecule has 2 unspecified atom stereocenters. The minimum Gasteiger partial charge on any atom is -0.464 e. The quantitative estimate of drug-likeness (QED) is 0.167. The summed E-state index contributed by atoms with van der Waals surface area (Å²) >= 11 is 0. The first-order chi connectivity index (χ1) is 17.5. The monoisotopic (exact) mass is 514 g/mol. The molecule has 0 N–H and O–H groups in total. The summed E-state index contributed by atoms with van der Waals surface area (Å²) in [6, 6.07) is 0. The van der Waals surface area contributed by atoms with Gasteiger partial charge in [-0.25, -0.2) is 9.59 Å². The highest BCUT2D eigenvalue weighted by atomic mass is 16.8. The van der Waals surface area contributed by atoms with Gasteiger partial charge in [0.25, 0.3) is 0 Å². The van der Waals surface area contributed by atoms with Crippen molar-refractivity contribution >= 4 is 11.9 Å². The molecule has 0 spiro atoms. The van der Waals surface area contributed by atoms with Crippen LogP contribution in [0.1, 0.15) is 118 Å². The molecule has 210 valence electrons. The molecule has 2 fully saturated rings. The van der Waals surface area contributed by atoms with Crippen molar-refractivity contribution in [2.75, 3.05) is 13.2 Å². The van der Waals surface area contributed by atoms with Crippen LogP contribution in [-0.2, 0) is 38.0 Å². The Labute approximate surface area is 218 Å². The van der Waals surface area contributed by atoms with Gasteiger partial charge < -0.3 is 28.4 Å². The molecule has 0 amide bonds. The zero-order valence-electron chi connectivity index (χ0n) is 23.0. The largest absolute Gasteiger partial charge is 0.464 e. The lowest BCUT2D eigenvalue weighted by Crippen LogP contribution is -2.48. The van der Waals surface area contributed by atoms with Gasteiger partial charge in [-0.2, -0.15) is 0 Å². The third kappa shape index (κ3) is 10.3. The fourth-order valence-corrected chi connectivity index (χ4v) is 4.82. The number of hydrogen-bond acceptors (Lipinski definition) is 8. The van der Waals surface area contributed by atoms with E-state index in [1.807, 2.05) is 0 Å². The van der Waals surface area contributed by atoms with Crippen molar-refractivity contribution in [3.8, 4) is 0 Å². The van der Waals surface area contributed by atoms with Crippen LogP contribution in [0.2, 0.25) is 0 Å². The van der Waals surface area contributed by atoms with Gasteiger partial charge in [0.15, 0.2) is 24.8 Å². The molecule has 2 aliphatic rings. The average Bonchev–Trinajstić information content (AvgIpc) is 3.21. The van der Waals surface area contributed by atoms with Gasteiger partial charge in [-0.05, 0) is 39.5 Å². The van der Waals surface area contributed by atoms with Gasteiger partial charge in [0.05, 0.1) is 13.2 Å². The van der Waals surface area contributed by atoms with Gasteiger partial charge in [-0.15, -0.1) is 0 Å². The van der Waals surface area contributed by atoms with Crippen LogP contribution in [0.3, 0.4) is 0 Å². The van der Waals surface area contributed by atoms with Gasteiger partial charge >= 0.3 is 11.9 Å². The molecule has 0 radical (unpaired) electrons. The number of fused-ring (bicyclic) bond motifs is 1. The summed E-state index contributed by atoms with van der Waals surface area (Å²) in [7, 11) is 0. The molecule has 0 bridgehead atoms. The Morgan fingerprint density at radius 1 is 0.528 bits per heavy atom. The van der Waals surface area contributed by atoms with Crippen molar-refractivity contribution in [3.63, 3.8) is 0 Å². The maximum absolute atomic E-state index is 12.9. The summed E-state index contributed by atoms with van der Waals surface area (Å²) in [6.07, 6.45) is 9.94. The summed E-state index contributed by atoms with van der Waals surface area (Å²) < 4.78 is 35.3. The summed E-state index contributed by atoms with van der Waals surface area (Å²) in [6.45, 7) is 8.35. The predicted octanol–water partition coefficient (Wildman–Crippen LogP) is 5.83. The van der Waals surface area contributed by atoms with Crippen molar-refractivity contribution in [1.82, 2.24) is 0 Å². The third-order valence-electron chi connectivity index (χ3n) is 6.76. The Hall–Kier alpha value is -1.22. The van der Waals surface area contributed by atoms with E-state index in [0.29, 0.717) is 12.8 Å². The molecule has 0 saturated carbocycles. The van der Waals surface area contributed by atoms with Gasteiger partial charge in [-0.3, -0.25) is 0 Å². The Balaban J connectivity index is 2.07. The van der Waals surface area contributed by atoms with E-state index in [0.717, 1.165) is 32.1 Å². The molecular formula is C28H50O8. The Morgan fingerprint density at radius 3 is 1.28 bits per heavy atom. The first-order valence-corrected chi connectivity index (χ1v) is 14.5. The SMILES string of the molecule is CCCCCCCCC1O[C@@H]2[C@H](O1)[C@H](C(=O)OCC)OC(CCCCCCCC)O[C@@H]2C(=O)OCC. The van der Waals surface area contributed by atoms with E-state index in [4.69, 9.17) is 28.4 Å². The van der Waals surface area contributed by atoms with Crippen LogP contribution < -0.4 is 0 Å². The van der Waals surface area contributed by atoms with E-state index in [9.17, 15) is 9.59 Å². The number of rotatable bonds is 18. The molecule has 2 rings (SSSR count). The summed E-state index contributed by atoms with van der Waals surface area (Å²) in [5.41, 5.74) is 0. The predicted molar refractivity (Wildman–Crippen MR) is 136 cm³/mol. The summed E-state index contributed by atoms with van der Waals surface area (Å²) in [5, 5.41) is 0. The fourth-order valence-electron chi connectivity index (χ4n) is 4.82. The zero-order valence-corrected chi connectivity index (χ0v) is 23.0. The van der Waals surface area contributed by atoms with Crippen LogP contribution in [0.25, 0.3) is 0 Å². The van der Waals surface area contributed by atoms with E-state index >= 15 is 0 Å². The molecule has 2 heterocycles. The van der Waals surface area contributed by atoms with Crippen molar-refractivity contribution < 1.29 is 38.0 Å². The molecule has 8 nitrogen and oxygen atoms in total. The van der Waals surface area contributed by atoms with Crippen LogP contribution >= 0.6 is 0 Å². The molecule has 6 atom stereocenters. The van der Waals surface area contributed by atoms with E-state index in [-0.39, 0.29) is 13.2 Å². The normalized spacial score (nSPS) is 27.9. The molecule has 0 aromatic rings. The van der Waals surface area contributed by atoms with Crippen LogP contribution in [0, 0.1) is 0 Å². The number of unbranched alkanes of at least 4 members (excludes halogenated alkanes) is 10. The Bertz CT molecular complexity index is 576. The van der Waals surface area contributed by atoms with Crippen LogP contribution in [0.4, 0.5) is 0 Å². The van der Waals surface area contributed by atoms with Gasteiger partial charge in [0.2, 0.25) is 0 Å². The molecule has 8 heteroatoms. The number of carbonyl (C=O) groups excluding carboxylic acids is 2. The zero-order chi connectivity index (χ0) is 26.2. The number of esters is 2. The lowest BCUT2D eigenvalue weighted by molar-refractivity contribution is -0.224. The van der Waals surface area contributed by atoms with Crippen molar-refractivity contribution in [1.29, 1.82) is 0 Å². The number of ether oxygens (including phenoxy) is 6. The van der Waals surface area contributed by atoms with Gasteiger partial charge in [-0.1, -0.05) is 78.1 Å². The highest BCUT2D eigenvalue weighted by molar-refractivity contribution is 5.78. The molecular weight excluding hydrogens is 464 g/mol. The molecule has 0 aromatic heterocycles. The number of hydrogen-bond donors (Lipinski definition) is 0. The topological polar surface area (TPSA) is 89.5 Å². The van der Waals surface area contributed by atoms with Gasteiger partial charge in [0.1, 0.15) is 12.2 Å². The van der Waals surface area contributed by atoms with Crippen LogP contribution in [0.15, 0.2) is 0 Å². The van der Waals surface area contributed by atoms with Gasteiger partial charge in [0, 0.05) is 0 Å². The lowest BCUT2D eigenvalue weighted by Gasteiger charge is -2.24. The average molecular weight is 515 g/mol. The number of carbonyl (C=O) groups is 2. The minimum atomic E-state index is -1.02. The second-order valence-electron chi connectivity index (χ2n) is 9.79. The van der Waals surface area contributed by atoms with E-state index in [1.165, 1.54) is 44.9 Å².